The van der Waals surface area contributed by atoms with Crippen molar-refractivity contribution >= 4 is 51.9 Å². The van der Waals surface area contributed by atoms with E-state index >= 15 is 0 Å². The van der Waals surface area contributed by atoms with Crippen molar-refractivity contribution in [1.29, 1.82) is 0 Å². The van der Waals surface area contributed by atoms with Gasteiger partial charge in [0.1, 0.15) is 0 Å². The number of para-hydroxylation sites is 1. The minimum absolute atomic E-state index is 0.111. The van der Waals surface area contributed by atoms with Crippen LogP contribution >= 0.6 is 0 Å². The molecule has 1 atom stereocenters. The summed E-state index contributed by atoms with van der Waals surface area (Å²) < 4.78 is 4.97. The summed E-state index contributed by atoms with van der Waals surface area (Å²) in [6, 6.07) is 19.4. The average molecular weight is 582 g/mol. The van der Waals surface area contributed by atoms with Gasteiger partial charge in [-0.15, -0.1) is 0 Å². The van der Waals surface area contributed by atoms with Gasteiger partial charge in [-0.05, 0) is 56.3 Å². The van der Waals surface area contributed by atoms with Gasteiger partial charge < -0.3 is 30.2 Å². The average Bonchev–Trinajstić information content (AvgIpc) is 3.46. The number of aromatic nitrogens is 1. The van der Waals surface area contributed by atoms with Crippen molar-refractivity contribution in [2.45, 2.75) is 19.9 Å². The molecular weight excluding hydrogens is 550 g/mol. The molecule has 1 fully saturated rings. The maximum Gasteiger partial charge on any atom is 0.338 e. The van der Waals surface area contributed by atoms with Crippen molar-refractivity contribution in [1.82, 2.24) is 14.8 Å². The number of ketones is 1. The number of ether oxygens (including phenoxy) is 1. The molecular formula is C32H31N5O6. The lowest BCUT2D eigenvalue weighted by Gasteiger charge is -2.39. The Bertz CT molecular complexity index is 1680. The number of Topliss-reactive ketones (excluding diaryl/α,β-unsaturated/α-hetero) is 1. The van der Waals surface area contributed by atoms with E-state index in [1.54, 1.807) is 78.6 Å². The molecule has 4 amide bonds. The molecule has 3 N–H and O–H groups in total. The van der Waals surface area contributed by atoms with E-state index in [1.165, 1.54) is 11.1 Å². The lowest BCUT2D eigenvalue weighted by Crippen LogP contribution is -2.56. The summed E-state index contributed by atoms with van der Waals surface area (Å²) >= 11 is 0. The normalized spacial score (nSPS) is 14.7. The quantitative estimate of drug-likeness (QED) is 0.166. The number of hydrogen-bond acceptors (Lipinski definition) is 6. The number of anilines is 2. The number of fused-ring (bicyclic) bond motifs is 1. The zero-order chi connectivity index (χ0) is 30.5. The molecule has 0 bridgehead atoms. The Kier molecular flexibility index (Phi) is 8.51. The number of nitrogens with zero attached hydrogens (tertiary/aromatic N) is 2. The number of H-pyrrole nitrogens is 1. The fraction of sp³-hybridized carbons (Fsp3) is 0.219. The smallest absolute Gasteiger partial charge is 0.338 e. The number of hydrogen-bond donors (Lipinski definition) is 3. The van der Waals surface area contributed by atoms with Gasteiger partial charge >= 0.3 is 12.0 Å². The standard InChI is InChI=1S/C32H31N5O6/c1-3-43-31(41)22-12-14-23(15-13-22)34-32(42)35-26-11-7-10-24-25(18-33-27(24)26)28(38)30(40)37-17-16-36(19-20(37)2)29(39)21-8-5-4-6-9-21/h4-15,18,20,33H,3,16-17,19H2,1-2H3,(H2,34,35,42)/t20-/m1/s1. The van der Waals surface area contributed by atoms with Gasteiger partial charge in [-0.3, -0.25) is 14.4 Å². The first-order valence-corrected chi connectivity index (χ1v) is 13.9. The van der Waals surface area contributed by atoms with Crippen molar-refractivity contribution in [3.63, 3.8) is 0 Å². The predicted molar refractivity (Wildman–Crippen MR) is 161 cm³/mol. The highest BCUT2D eigenvalue weighted by atomic mass is 16.5. The maximum absolute atomic E-state index is 13.4. The summed E-state index contributed by atoms with van der Waals surface area (Å²) in [5.74, 6) is -1.89. The van der Waals surface area contributed by atoms with E-state index in [0.717, 1.165) is 0 Å². The highest BCUT2D eigenvalue weighted by molar-refractivity contribution is 6.45. The highest BCUT2D eigenvalue weighted by Gasteiger charge is 2.34. The first kappa shape index (κ1) is 29.1. The Morgan fingerprint density at radius 3 is 2.33 bits per heavy atom. The van der Waals surface area contributed by atoms with Crippen LogP contribution in [0.1, 0.15) is 44.9 Å². The van der Waals surface area contributed by atoms with E-state index in [4.69, 9.17) is 4.74 Å². The molecule has 11 heteroatoms. The van der Waals surface area contributed by atoms with Crippen molar-refractivity contribution in [3.05, 3.63) is 95.7 Å². The Labute approximate surface area is 247 Å². The predicted octanol–water partition coefficient (Wildman–Crippen LogP) is 4.54. The summed E-state index contributed by atoms with van der Waals surface area (Å²) in [7, 11) is 0. The fourth-order valence-corrected chi connectivity index (χ4v) is 5.09. The Morgan fingerprint density at radius 1 is 0.884 bits per heavy atom. The Morgan fingerprint density at radius 2 is 1.63 bits per heavy atom. The number of carbonyl (C=O) groups excluding carboxylic acids is 5. The first-order valence-electron chi connectivity index (χ1n) is 13.9. The Balaban J connectivity index is 1.24. The van der Waals surface area contributed by atoms with Crippen LogP contribution in [-0.2, 0) is 9.53 Å². The van der Waals surface area contributed by atoms with Gasteiger partial charge in [-0.25, -0.2) is 9.59 Å². The lowest BCUT2D eigenvalue weighted by atomic mass is 10.1. The first-order chi connectivity index (χ1) is 20.8. The number of nitrogens with one attached hydrogen (secondary N) is 3. The zero-order valence-electron chi connectivity index (χ0n) is 23.8. The summed E-state index contributed by atoms with van der Waals surface area (Å²) in [5, 5.41) is 5.94. The van der Waals surface area contributed by atoms with Gasteiger partial charge in [-0.2, -0.15) is 0 Å². The van der Waals surface area contributed by atoms with Crippen LogP contribution in [0.5, 0.6) is 0 Å². The van der Waals surface area contributed by atoms with E-state index in [1.807, 2.05) is 13.0 Å². The maximum atomic E-state index is 13.4. The van der Waals surface area contributed by atoms with E-state index in [0.29, 0.717) is 46.5 Å². The van der Waals surface area contributed by atoms with Gasteiger partial charge in [0.15, 0.2) is 0 Å². The van der Waals surface area contributed by atoms with E-state index < -0.39 is 23.7 Å². The molecule has 0 unspecified atom stereocenters. The molecule has 1 aliphatic rings. The summed E-state index contributed by atoms with van der Waals surface area (Å²) in [5.41, 5.74) is 2.49. The van der Waals surface area contributed by atoms with Crippen LogP contribution in [0.3, 0.4) is 0 Å². The third-order valence-corrected chi connectivity index (χ3v) is 7.25. The van der Waals surface area contributed by atoms with Gasteiger partial charge in [-0.1, -0.05) is 30.3 Å². The van der Waals surface area contributed by atoms with Crippen molar-refractivity contribution in [3.8, 4) is 0 Å². The molecule has 1 saturated heterocycles. The second-order valence-electron chi connectivity index (χ2n) is 10.1. The summed E-state index contributed by atoms with van der Waals surface area (Å²) in [4.78, 5) is 70.3. The molecule has 0 aliphatic carbocycles. The second kappa shape index (κ2) is 12.6. The molecule has 5 rings (SSSR count). The van der Waals surface area contributed by atoms with Crippen LogP contribution in [0.15, 0.2) is 79.0 Å². The molecule has 1 aliphatic heterocycles. The summed E-state index contributed by atoms with van der Waals surface area (Å²) in [6.45, 7) is 4.67. The second-order valence-corrected chi connectivity index (χ2v) is 10.1. The van der Waals surface area contributed by atoms with Crippen molar-refractivity contribution < 1.29 is 28.7 Å². The molecule has 0 spiro atoms. The number of carbonyl (C=O) groups is 5. The molecule has 4 aromatic rings. The molecule has 1 aromatic heterocycles. The fourth-order valence-electron chi connectivity index (χ4n) is 5.09. The highest BCUT2D eigenvalue weighted by Crippen LogP contribution is 2.27. The molecule has 43 heavy (non-hydrogen) atoms. The van der Waals surface area contributed by atoms with Crippen LogP contribution in [0.2, 0.25) is 0 Å². The third-order valence-electron chi connectivity index (χ3n) is 7.25. The summed E-state index contributed by atoms with van der Waals surface area (Å²) in [6.07, 6.45) is 1.46. The largest absolute Gasteiger partial charge is 0.462 e. The van der Waals surface area contributed by atoms with Crippen LogP contribution in [-0.4, -0.2) is 76.7 Å². The lowest BCUT2D eigenvalue weighted by molar-refractivity contribution is -0.130. The number of piperazine rings is 1. The molecule has 0 saturated carbocycles. The topological polar surface area (TPSA) is 141 Å². The number of amides is 4. The molecule has 220 valence electrons. The minimum atomic E-state index is -0.677. The van der Waals surface area contributed by atoms with E-state index in [9.17, 15) is 24.0 Å². The number of urea groups is 1. The van der Waals surface area contributed by atoms with E-state index in [2.05, 4.69) is 15.6 Å². The SMILES string of the molecule is CCOC(=O)c1ccc(NC(=O)Nc2cccc3c(C(=O)C(=O)N4CCN(C(=O)c5ccccc5)C[C@H]4C)c[nH]c23)cc1. The zero-order valence-corrected chi connectivity index (χ0v) is 23.8. The molecule has 11 nitrogen and oxygen atoms in total. The number of esters is 1. The monoisotopic (exact) mass is 581 g/mol. The van der Waals surface area contributed by atoms with Gasteiger partial charge in [0.2, 0.25) is 0 Å². The molecule has 2 heterocycles. The van der Waals surface area contributed by atoms with Gasteiger partial charge in [0.25, 0.3) is 17.6 Å². The van der Waals surface area contributed by atoms with Crippen LogP contribution < -0.4 is 10.6 Å². The van der Waals surface area contributed by atoms with Crippen molar-refractivity contribution in [2.75, 3.05) is 36.9 Å². The van der Waals surface area contributed by atoms with Gasteiger partial charge in [0, 0.05) is 48.5 Å². The van der Waals surface area contributed by atoms with Gasteiger partial charge in [0.05, 0.1) is 28.9 Å². The van der Waals surface area contributed by atoms with Crippen LogP contribution in [0.4, 0.5) is 16.2 Å². The van der Waals surface area contributed by atoms with Crippen LogP contribution in [0.25, 0.3) is 10.9 Å². The molecule has 3 aromatic carbocycles. The number of aromatic amines is 1. The number of benzene rings is 3. The van der Waals surface area contributed by atoms with Crippen molar-refractivity contribution in [2.24, 2.45) is 0 Å². The van der Waals surface area contributed by atoms with Crippen LogP contribution in [0, 0.1) is 0 Å². The Hall–Kier alpha value is -5.45. The third kappa shape index (κ3) is 6.25. The molecule has 0 radical (unpaired) electrons. The minimum Gasteiger partial charge on any atom is -0.462 e. The van der Waals surface area contributed by atoms with E-state index in [-0.39, 0.29) is 30.7 Å². The number of rotatable bonds is 7.